The molecule has 1 fully saturated rings. The first-order chi connectivity index (χ1) is 16.3. The lowest BCUT2D eigenvalue weighted by Gasteiger charge is -2.25. The Kier molecular flexibility index (Phi) is 8.98. The Morgan fingerprint density at radius 2 is 1.85 bits per heavy atom. The van der Waals surface area contributed by atoms with Crippen molar-refractivity contribution < 1.29 is 27.5 Å². The van der Waals surface area contributed by atoms with Gasteiger partial charge in [0.2, 0.25) is 5.91 Å². The van der Waals surface area contributed by atoms with Gasteiger partial charge in [-0.3, -0.25) is 4.79 Å². The molecule has 3 rings (SSSR count). The number of alkyl halides is 3. The topological polar surface area (TPSA) is 99.7 Å². The van der Waals surface area contributed by atoms with E-state index in [9.17, 15) is 18.0 Å². The molecule has 10 heteroatoms. The second-order valence-electron chi connectivity index (χ2n) is 8.34. The third-order valence-corrected chi connectivity index (χ3v) is 5.85. The summed E-state index contributed by atoms with van der Waals surface area (Å²) in [6.07, 6.45) is 2.33. The minimum absolute atomic E-state index is 0.0348. The Morgan fingerprint density at radius 1 is 1.21 bits per heavy atom. The van der Waals surface area contributed by atoms with Crippen LogP contribution in [0.5, 0.6) is 0 Å². The second kappa shape index (κ2) is 11.9. The van der Waals surface area contributed by atoms with Crippen molar-refractivity contribution in [3.63, 3.8) is 0 Å². The fourth-order valence-electron chi connectivity index (χ4n) is 3.81. The summed E-state index contributed by atoms with van der Waals surface area (Å²) in [6.45, 7) is 3.35. The first-order valence-electron chi connectivity index (χ1n) is 11.3. The Labute approximate surface area is 196 Å². The number of benzene rings is 1. The smallest absolute Gasteiger partial charge is 0.391 e. The molecule has 34 heavy (non-hydrogen) atoms. The van der Waals surface area contributed by atoms with Crippen molar-refractivity contribution in [3.8, 4) is 0 Å². The molecule has 1 aliphatic rings. The van der Waals surface area contributed by atoms with Crippen molar-refractivity contribution in [2.75, 3.05) is 13.2 Å². The molecule has 1 amide bonds. The van der Waals surface area contributed by atoms with Gasteiger partial charge in [-0.25, -0.2) is 9.97 Å². The molecular formula is C24H29F3N4O3. The number of oxime groups is 1. The van der Waals surface area contributed by atoms with Crippen LogP contribution in [0.25, 0.3) is 0 Å². The lowest BCUT2D eigenvalue weighted by Crippen LogP contribution is -2.29. The first-order valence-corrected chi connectivity index (χ1v) is 11.3. The number of hydrogen-bond acceptors (Lipinski definition) is 6. The predicted octanol–water partition coefficient (Wildman–Crippen LogP) is 4.29. The Bertz CT molecular complexity index is 957. The molecule has 0 radical (unpaired) electrons. The van der Waals surface area contributed by atoms with E-state index in [4.69, 9.17) is 15.3 Å². The van der Waals surface area contributed by atoms with E-state index in [2.05, 4.69) is 15.1 Å². The summed E-state index contributed by atoms with van der Waals surface area (Å²) in [4.78, 5) is 26.0. The van der Waals surface area contributed by atoms with Gasteiger partial charge in [-0.2, -0.15) is 13.2 Å². The predicted molar refractivity (Wildman–Crippen MR) is 120 cm³/mol. The van der Waals surface area contributed by atoms with Crippen molar-refractivity contribution in [1.29, 1.82) is 0 Å². The molecule has 1 aliphatic heterocycles. The highest BCUT2D eigenvalue weighted by molar-refractivity contribution is 5.99. The number of hydrogen-bond donors (Lipinski definition) is 1. The molecule has 0 saturated carbocycles. The van der Waals surface area contributed by atoms with Crippen LogP contribution in [0.1, 0.15) is 55.1 Å². The minimum atomic E-state index is -4.37. The fraction of sp³-hybridized carbons (Fsp3) is 0.500. The van der Waals surface area contributed by atoms with Crippen molar-refractivity contribution in [2.45, 2.75) is 51.8 Å². The summed E-state index contributed by atoms with van der Waals surface area (Å²) < 4.78 is 43.4. The van der Waals surface area contributed by atoms with Crippen LogP contribution < -0.4 is 5.73 Å². The summed E-state index contributed by atoms with van der Waals surface area (Å²) in [5, 5.41) is 4.10. The number of primary amides is 1. The lowest BCUT2D eigenvalue weighted by atomic mass is 9.86. The molecule has 2 N–H and O–H groups in total. The molecule has 2 heterocycles. The van der Waals surface area contributed by atoms with E-state index in [1.54, 1.807) is 12.4 Å². The molecule has 184 valence electrons. The van der Waals surface area contributed by atoms with Crippen molar-refractivity contribution in [1.82, 2.24) is 9.97 Å². The number of rotatable bonds is 10. The van der Waals surface area contributed by atoms with Gasteiger partial charge < -0.3 is 15.3 Å². The van der Waals surface area contributed by atoms with Crippen LogP contribution in [0.15, 0.2) is 41.8 Å². The van der Waals surface area contributed by atoms with Crippen LogP contribution in [0, 0.1) is 11.8 Å². The Balaban J connectivity index is 1.57. The van der Waals surface area contributed by atoms with E-state index in [0.717, 1.165) is 25.0 Å². The van der Waals surface area contributed by atoms with Gasteiger partial charge >= 0.3 is 6.18 Å². The van der Waals surface area contributed by atoms with E-state index in [1.807, 2.05) is 6.92 Å². The zero-order chi connectivity index (χ0) is 24.6. The molecule has 1 aromatic heterocycles. The molecule has 1 saturated heterocycles. The van der Waals surface area contributed by atoms with Gasteiger partial charge in [0.15, 0.2) is 0 Å². The molecule has 1 aromatic carbocycles. The fourth-order valence-corrected chi connectivity index (χ4v) is 3.81. The molecule has 0 spiro atoms. The van der Waals surface area contributed by atoms with Crippen molar-refractivity contribution >= 4 is 11.6 Å². The first kappa shape index (κ1) is 25.6. The van der Waals surface area contributed by atoms with Gasteiger partial charge in [-0.05, 0) is 49.3 Å². The van der Waals surface area contributed by atoms with E-state index in [0.29, 0.717) is 61.1 Å². The van der Waals surface area contributed by atoms with Crippen LogP contribution >= 0.6 is 0 Å². The number of carbonyl (C=O) groups excluding carboxylic acids is 1. The van der Waals surface area contributed by atoms with Crippen LogP contribution in [0.4, 0.5) is 13.2 Å². The average molecular weight is 479 g/mol. The SMILES string of the molecule is CCC(=NOCc1ccc(C(F)(F)F)cc1)c1cnc(CC(CC2CCOCC2)C(N)=O)nc1. The highest BCUT2D eigenvalue weighted by Gasteiger charge is 2.30. The number of aromatic nitrogens is 2. The van der Waals surface area contributed by atoms with E-state index >= 15 is 0 Å². The lowest BCUT2D eigenvalue weighted by molar-refractivity contribution is -0.137. The van der Waals surface area contributed by atoms with Crippen molar-refractivity contribution in [2.24, 2.45) is 22.7 Å². The van der Waals surface area contributed by atoms with E-state index in [1.165, 1.54) is 12.1 Å². The number of carbonyl (C=O) groups is 1. The number of nitrogens with zero attached hydrogens (tertiary/aromatic N) is 3. The zero-order valence-corrected chi connectivity index (χ0v) is 19.1. The normalized spacial score (nSPS) is 16.3. The number of ether oxygens (including phenoxy) is 1. The molecule has 2 aromatic rings. The van der Waals surface area contributed by atoms with E-state index < -0.39 is 11.7 Å². The average Bonchev–Trinajstić information content (AvgIpc) is 2.82. The van der Waals surface area contributed by atoms with Gasteiger partial charge in [0.25, 0.3) is 0 Å². The maximum atomic E-state index is 12.7. The van der Waals surface area contributed by atoms with Crippen LogP contribution in [0.3, 0.4) is 0 Å². The summed E-state index contributed by atoms with van der Waals surface area (Å²) in [5.74, 6) is 0.249. The van der Waals surface area contributed by atoms with Gasteiger partial charge in [-0.15, -0.1) is 0 Å². The number of nitrogens with two attached hydrogens (primary N) is 1. The summed E-state index contributed by atoms with van der Waals surface area (Å²) in [7, 11) is 0. The van der Waals surface area contributed by atoms with Crippen LogP contribution in [0.2, 0.25) is 0 Å². The van der Waals surface area contributed by atoms with Crippen LogP contribution in [-0.4, -0.2) is 34.8 Å². The second-order valence-corrected chi connectivity index (χ2v) is 8.34. The third-order valence-electron chi connectivity index (χ3n) is 5.85. The molecule has 0 bridgehead atoms. The third kappa shape index (κ3) is 7.51. The quantitative estimate of drug-likeness (QED) is 0.406. The Morgan fingerprint density at radius 3 is 2.41 bits per heavy atom. The standard InChI is InChI=1S/C24H29F3N4O3/c1-2-21(31-34-15-17-3-5-20(6-4-17)24(25,26)27)19-13-29-22(30-14-19)12-18(23(28)32)11-16-7-9-33-10-8-16/h3-6,13-14,16,18H,2,7-12,15H2,1H3,(H2,28,32). The highest BCUT2D eigenvalue weighted by Crippen LogP contribution is 2.29. The molecule has 1 unspecified atom stereocenters. The van der Waals surface area contributed by atoms with Gasteiger partial charge in [0.05, 0.1) is 11.3 Å². The summed E-state index contributed by atoms with van der Waals surface area (Å²) >= 11 is 0. The maximum absolute atomic E-state index is 12.7. The van der Waals surface area contributed by atoms with Gasteiger partial charge in [0, 0.05) is 43.5 Å². The summed E-state index contributed by atoms with van der Waals surface area (Å²) in [6, 6.07) is 4.74. The molecular weight excluding hydrogens is 449 g/mol. The highest BCUT2D eigenvalue weighted by atomic mass is 19.4. The number of amides is 1. The van der Waals surface area contributed by atoms with E-state index in [-0.39, 0.29) is 18.4 Å². The molecule has 7 nitrogen and oxygen atoms in total. The zero-order valence-electron chi connectivity index (χ0n) is 19.1. The largest absolute Gasteiger partial charge is 0.416 e. The Hall–Kier alpha value is -3.01. The maximum Gasteiger partial charge on any atom is 0.416 e. The van der Waals surface area contributed by atoms with Gasteiger partial charge in [0.1, 0.15) is 12.4 Å². The molecule has 0 aliphatic carbocycles. The monoisotopic (exact) mass is 478 g/mol. The molecule has 1 atom stereocenters. The summed E-state index contributed by atoms with van der Waals surface area (Å²) in [5.41, 5.74) is 6.75. The van der Waals surface area contributed by atoms with Crippen LogP contribution in [-0.2, 0) is 33.6 Å². The van der Waals surface area contributed by atoms with Gasteiger partial charge in [-0.1, -0.05) is 24.2 Å². The minimum Gasteiger partial charge on any atom is -0.391 e. The number of halogens is 3. The van der Waals surface area contributed by atoms with Crippen molar-refractivity contribution in [3.05, 3.63) is 59.2 Å².